The number of nitrogens with one attached hydrogen (secondary N) is 1. The van der Waals surface area contributed by atoms with E-state index in [1.54, 1.807) is 19.2 Å². The number of hydrogen-bond donors (Lipinski definition) is 2. The number of aromatic amines is 1. The van der Waals surface area contributed by atoms with E-state index in [1.807, 2.05) is 0 Å². The van der Waals surface area contributed by atoms with Gasteiger partial charge in [0.15, 0.2) is 5.69 Å². The van der Waals surface area contributed by atoms with Gasteiger partial charge in [-0.05, 0) is 19.4 Å². The first-order valence-corrected chi connectivity index (χ1v) is 5.86. The van der Waals surface area contributed by atoms with Gasteiger partial charge < -0.3 is 15.5 Å². The number of H-pyrrole nitrogens is 1. The summed E-state index contributed by atoms with van der Waals surface area (Å²) in [7, 11) is 0. The summed E-state index contributed by atoms with van der Waals surface area (Å²) in [5, 5.41) is 0. The van der Waals surface area contributed by atoms with Crippen LogP contribution in [0.2, 0.25) is 0 Å². The Kier molecular flexibility index (Phi) is 11.3. The molecule has 7 heteroatoms. The fraction of sp³-hybridized carbons (Fsp3) is 0.500. The van der Waals surface area contributed by atoms with Gasteiger partial charge in [0.1, 0.15) is 0 Å². The quantitative estimate of drug-likeness (QED) is 0.481. The third kappa shape index (κ3) is 6.50. The molecule has 110 valence electrons. The Hall–Kier alpha value is -1.20. The van der Waals surface area contributed by atoms with Crippen molar-refractivity contribution in [3.63, 3.8) is 0 Å². The second kappa shape index (κ2) is 10.7. The van der Waals surface area contributed by atoms with Crippen LogP contribution in [0.4, 0.5) is 5.69 Å². The Morgan fingerprint density at radius 3 is 2.68 bits per heavy atom. The lowest BCUT2D eigenvalue weighted by Crippen LogP contribution is -2.11. The number of halogens is 2. The molecular formula is C12H21Cl2N3O2. The molecule has 3 N–H and O–H groups in total. The van der Waals surface area contributed by atoms with Gasteiger partial charge in [0.2, 0.25) is 0 Å². The van der Waals surface area contributed by atoms with Crippen LogP contribution in [0.25, 0.3) is 0 Å². The van der Waals surface area contributed by atoms with Gasteiger partial charge in [-0.15, -0.1) is 24.8 Å². The standard InChI is InChI=1S/C12H19N3O2.2ClH/c1-3-5-6-10(13)15-9-7-8-14-11(9)12(16)17-4-2;;/h7-8,14H,3-6H2,1-2H3,(H2,13,15);2*1H. The number of rotatable bonds is 6. The molecule has 0 aliphatic rings. The SMILES string of the molecule is CCCCC(N)=Nc1cc[nH]c1C(=O)OCC.Cl.Cl. The first kappa shape index (κ1) is 20.1. The summed E-state index contributed by atoms with van der Waals surface area (Å²) >= 11 is 0. The second-order valence-electron chi connectivity index (χ2n) is 3.67. The number of amidine groups is 1. The number of esters is 1. The number of carbonyl (C=O) groups excluding carboxylic acids is 1. The van der Waals surface area contributed by atoms with Crippen LogP contribution in [0.3, 0.4) is 0 Å². The van der Waals surface area contributed by atoms with Crippen molar-refractivity contribution in [3.05, 3.63) is 18.0 Å². The summed E-state index contributed by atoms with van der Waals surface area (Å²) in [6, 6.07) is 1.71. The maximum atomic E-state index is 11.6. The third-order valence-electron chi connectivity index (χ3n) is 2.26. The summed E-state index contributed by atoms with van der Waals surface area (Å²) in [5.74, 6) is 0.136. The molecule has 1 rings (SSSR count). The molecule has 1 aromatic heterocycles. The monoisotopic (exact) mass is 309 g/mol. The maximum absolute atomic E-state index is 11.6. The third-order valence-corrected chi connectivity index (χ3v) is 2.26. The zero-order valence-corrected chi connectivity index (χ0v) is 12.8. The van der Waals surface area contributed by atoms with E-state index in [4.69, 9.17) is 10.5 Å². The van der Waals surface area contributed by atoms with E-state index in [-0.39, 0.29) is 24.8 Å². The van der Waals surface area contributed by atoms with Crippen molar-refractivity contribution in [1.29, 1.82) is 0 Å². The fourth-order valence-corrected chi connectivity index (χ4v) is 1.39. The Balaban J connectivity index is 0. The highest BCUT2D eigenvalue weighted by Gasteiger charge is 2.13. The summed E-state index contributed by atoms with van der Waals surface area (Å²) < 4.78 is 4.91. The topological polar surface area (TPSA) is 80.5 Å². The molecule has 19 heavy (non-hydrogen) atoms. The van der Waals surface area contributed by atoms with Crippen LogP contribution in [-0.4, -0.2) is 23.4 Å². The minimum atomic E-state index is -0.403. The number of aliphatic imine (C=N–C) groups is 1. The molecule has 0 atom stereocenters. The molecule has 0 saturated heterocycles. The van der Waals surface area contributed by atoms with Crippen LogP contribution in [0.5, 0.6) is 0 Å². The molecule has 0 bridgehead atoms. The van der Waals surface area contributed by atoms with E-state index in [0.717, 1.165) is 19.3 Å². The van der Waals surface area contributed by atoms with Crippen molar-refractivity contribution in [2.24, 2.45) is 10.7 Å². The highest BCUT2D eigenvalue weighted by molar-refractivity contribution is 5.95. The first-order chi connectivity index (χ1) is 8.19. The molecule has 0 radical (unpaired) electrons. The predicted molar refractivity (Wildman–Crippen MR) is 82.1 cm³/mol. The molecular weight excluding hydrogens is 289 g/mol. The maximum Gasteiger partial charge on any atom is 0.356 e. The van der Waals surface area contributed by atoms with Crippen molar-refractivity contribution < 1.29 is 9.53 Å². The van der Waals surface area contributed by atoms with Gasteiger partial charge in [0.25, 0.3) is 0 Å². The molecule has 0 amide bonds. The Bertz CT molecular complexity index is 405. The number of carbonyl (C=O) groups is 1. The summed E-state index contributed by atoms with van der Waals surface area (Å²) in [6.45, 7) is 4.19. The molecule has 0 unspecified atom stereocenters. The van der Waals surface area contributed by atoms with Crippen molar-refractivity contribution in [2.75, 3.05) is 6.61 Å². The normalized spacial score (nSPS) is 10.3. The number of unbranched alkanes of at least 4 members (excludes halogenated alkanes) is 1. The molecule has 0 saturated carbocycles. The molecule has 0 aromatic carbocycles. The van der Waals surface area contributed by atoms with Crippen LogP contribution < -0.4 is 5.73 Å². The smallest absolute Gasteiger partial charge is 0.356 e. The largest absolute Gasteiger partial charge is 0.461 e. The van der Waals surface area contributed by atoms with Crippen molar-refractivity contribution in [1.82, 2.24) is 4.98 Å². The van der Waals surface area contributed by atoms with Crippen molar-refractivity contribution in [2.45, 2.75) is 33.1 Å². The summed E-state index contributed by atoms with van der Waals surface area (Å²) in [5.41, 5.74) is 6.67. The second-order valence-corrected chi connectivity index (χ2v) is 3.67. The number of nitrogens with two attached hydrogens (primary N) is 1. The Labute approximate surface area is 125 Å². The van der Waals surface area contributed by atoms with Crippen molar-refractivity contribution >= 4 is 42.3 Å². The highest BCUT2D eigenvalue weighted by atomic mass is 35.5. The van der Waals surface area contributed by atoms with Gasteiger partial charge in [-0.3, -0.25) is 0 Å². The van der Waals surface area contributed by atoms with E-state index >= 15 is 0 Å². The van der Waals surface area contributed by atoms with Gasteiger partial charge in [0, 0.05) is 12.6 Å². The number of nitrogens with zero attached hydrogens (tertiary/aromatic N) is 1. The average Bonchev–Trinajstić information content (AvgIpc) is 2.75. The zero-order valence-electron chi connectivity index (χ0n) is 11.1. The summed E-state index contributed by atoms with van der Waals surface area (Å²) in [4.78, 5) is 18.6. The van der Waals surface area contributed by atoms with E-state index in [2.05, 4.69) is 16.9 Å². The van der Waals surface area contributed by atoms with E-state index in [1.165, 1.54) is 0 Å². The first-order valence-electron chi connectivity index (χ1n) is 5.86. The molecule has 1 heterocycles. The minimum Gasteiger partial charge on any atom is -0.461 e. The molecule has 0 spiro atoms. The molecule has 0 fully saturated rings. The predicted octanol–water partition coefficient (Wildman–Crippen LogP) is 3.21. The van der Waals surface area contributed by atoms with E-state index in [9.17, 15) is 4.79 Å². The van der Waals surface area contributed by atoms with Gasteiger partial charge in [-0.1, -0.05) is 13.3 Å². The summed E-state index contributed by atoms with van der Waals surface area (Å²) in [6.07, 6.45) is 4.45. The van der Waals surface area contributed by atoms with Crippen LogP contribution in [0.15, 0.2) is 17.3 Å². The number of hydrogen-bond acceptors (Lipinski definition) is 3. The van der Waals surface area contributed by atoms with Gasteiger partial charge >= 0.3 is 5.97 Å². The fourth-order valence-electron chi connectivity index (χ4n) is 1.39. The zero-order chi connectivity index (χ0) is 12.7. The van der Waals surface area contributed by atoms with Crippen LogP contribution in [-0.2, 0) is 4.74 Å². The lowest BCUT2D eigenvalue weighted by Gasteiger charge is -2.02. The average molecular weight is 310 g/mol. The number of ether oxygens (including phenoxy) is 1. The van der Waals surface area contributed by atoms with Gasteiger partial charge in [-0.2, -0.15) is 0 Å². The van der Waals surface area contributed by atoms with Gasteiger partial charge in [0.05, 0.1) is 18.1 Å². The van der Waals surface area contributed by atoms with Crippen LogP contribution in [0, 0.1) is 0 Å². The van der Waals surface area contributed by atoms with Gasteiger partial charge in [-0.25, -0.2) is 9.79 Å². The number of aromatic nitrogens is 1. The van der Waals surface area contributed by atoms with Crippen LogP contribution >= 0.6 is 24.8 Å². The molecule has 1 aromatic rings. The Morgan fingerprint density at radius 2 is 2.11 bits per heavy atom. The van der Waals surface area contributed by atoms with E-state index in [0.29, 0.717) is 23.8 Å². The lowest BCUT2D eigenvalue weighted by molar-refractivity contribution is 0.0521. The molecule has 0 aliphatic carbocycles. The molecule has 0 aliphatic heterocycles. The highest BCUT2D eigenvalue weighted by Crippen LogP contribution is 2.18. The molecule has 5 nitrogen and oxygen atoms in total. The van der Waals surface area contributed by atoms with Crippen molar-refractivity contribution in [3.8, 4) is 0 Å². The minimum absolute atomic E-state index is 0. The van der Waals surface area contributed by atoms with Crippen LogP contribution in [0.1, 0.15) is 43.6 Å². The lowest BCUT2D eigenvalue weighted by atomic mass is 10.2. The Morgan fingerprint density at radius 1 is 1.42 bits per heavy atom. The van der Waals surface area contributed by atoms with E-state index < -0.39 is 5.97 Å².